The molecule has 1 unspecified atom stereocenters. The zero-order chi connectivity index (χ0) is 37.5. The predicted octanol–water partition coefficient (Wildman–Crippen LogP) is 5.68. The molecule has 6 heterocycles. The van der Waals surface area contributed by atoms with Gasteiger partial charge in [-0.25, -0.2) is 18.7 Å². The van der Waals surface area contributed by atoms with Crippen molar-refractivity contribution in [2.45, 2.75) is 70.5 Å². The Morgan fingerprint density at radius 2 is 1.72 bits per heavy atom. The van der Waals surface area contributed by atoms with Crippen LogP contribution in [0.3, 0.4) is 0 Å². The number of carbonyl (C=O) groups is 2. The highest BCUT2D eigenvalue weighted by atomic mass is 19.1. The van der Waals surface area contributed by atoms with Gasteiger partial charge >= 0.3 is 0 Å². The van der Waals surface area contributed by atoms with Gasteiger partial charge in [0.05, 0.1) is 35.7 Å². The Balaban J connectivity index is 0.828. The van der Waals surface area contributed by atoms with Crippen LogP contribution in [0.5, 0.6) is 0 Å². The molecule has 2 amide bonds. The fourth-order valence-electron chi connectivity index (χ4n) is 8.31. The van der Waals surface area contributed by atoms with Gasteiger partial charge in [0.2, 0.25) is 11.8 Å². The lowest BCUT2D eigenvalue weighted by Crippen LogP contribution is -2.54. The summed E-state index contributed by atoms with van der Waals surface area (Å²) in [5.41, 5.74) is 4.55. The largest absolute Gasteiger partial charge is 0.369 e. The molecule has 3 saturated heterocycles. The molecule has 3 aliphatic rings. The number of piperazine rings is 1. The van der Waals surface area contributed by atoms with Crippen LogP contribution in [0.4, 0.5) is 26.0 Å². The van der Waals surface area contributed by atoms with Crippen molar-refractivity contribution in [1.82, 2.24) is 39.3 Å². The molecule has 0 bridgehead atoms. The molecule has 2 N–H and O–H groups in total. The van der Waals surface area contributed by atoms with E-state index >= 15 is 0 Å². The van der Waals surface area contributed by atoms with E-state index in [1.54, 1.807) is 36.1 Å². The van der Waals surface area contributed by atoms with Gasteiger partial charge in [-0.05, 0) is 69.4 Å². The number of anilines is 3. The topological polar surface area (TPSA) is 116 Å². The molecule has 5 aromatic rings. The summed E-state index contributed by atoms with van der Waals surface area (Å²) in [5.74, 6) is -1.36. The third-order valence-electron chi connectivity index (χ3n) is 11.5. The molecular weight excluding hydrogens is 691 g/mol. The van der Waals surface area contributed by atoms with Gasteiger partial charge in [-0.15, -0.1) is 0 Å². The van der Waals surface area contributed by atoms with E-state index in [2.05, 4.69) is 61.3 Å². The second kappa shape index (κ2) is 14.9. The van der Waals surface area contributed by atoms with Gasteiger partial charge < -0.3 is 10.2 Å². The molecule has 8 rings (SSSR count). The van der Waals surface area contributed by atoms with E-state index in [0.717, 1.165) is 69.4 Å². The van der Waals surface area contributed by atoms with Crippen LogP contribution in [0, 0.1) is 18.6 Å². The number of piperidine rings is 2. The number of nitrogens with one attached hydrogen (secondary N) is 2. The maximum absolute atomic E-state index is 14.8. The van der Waals surface area contributed by atoms with Crippen LogP contribution < -0.4 is 15.5 Å². The number of hydrogen-bond donors (Lipinski definition) is 2. The van der Waals surface area contributed by atoms with E-state index in [9.17, 15) is 18.4 Å². The van der Waals surface area contributed by atoms with Crippen molar-refractivity contribution in [3.63, 3.8) is 0 Å². The molecular formula is C40H46F2N10O2. The Kier molecular flexibility index (Phi) is 9.88. The van der Waals surface area contributed by atoms with Crippen LogP contribution in [-0.4, -0.2) is 97.1 Å². The Morgan fingerprint density at radius 3 is 2.48 bits per heavy atom. The highest BCUT2D eigenvalue weighted by Gasteiger charge is 2.31. The van der Waals surface area contributed by atoms with Gasteiger partial charge in [-0.3, -0.25) is 33.8 Å². The fraction of sp³-hybridized carbons (Fsp3) is 0.425. The number of hydrogen-bond acceptors (Lipinski definition) is 9. The van der Waals surface area contributed by atoms with Crippen molar-refractivity contribution < 1.29 is 18.4 Å². The molecule has 12 nitrogen and oxygen atoms in total. The van der Waals surface area contributed by atoms with Crippen LogP contribution in [0.2, 0.25) is 0 Å². The first-order valence-corrected chi connectivity index (χ1v) is 18.9. The van der Waals surface area contributed by atoms with E-state index in [4.69, 9.17) is 5.10 Å². The molecule has 2 aromatic carbocycles. The van der Waals surface area contributed by atoms with E-state index in [-0.39, 0.29) is 29.3 Å². The second-order valence-electron chi connectivity index (χ2n) is 15.0. The Labute approximate surface area is 313 Å². The third kappa shape index (κ3) is 7.19. The Morgan fingerprint density at radius 1 is 0.926 bits per heavy atom. The summed E-state index contributed by atoms with van der Waals surface area (Å²) in [6, 6.07) is 11.8. The van der Waals surface area contributed by atoms with Gasteiger partial charge in [0.25, 0.3) is 0 Å². The molecule has 3 aromatic heterocycles. The van der Waals surface area contributed by atoms with E-state index in [1.165, 1.54) is 11.8 Å². The molecule has 0 radical (unpaired) electrons. The smallest absolute Gasteiger partial charge is 0.234 e. The SMILES string of the molecule is Cc1cc(-c2cnc(Nc3cnn([C@@H]4CCN(CCN5CCN(c6ccc(C7CCC(=O)NC7=O)cc6)C[C@@H]5C)[C@H](C)C4)c3)c3nccn23)c(F)cc1F. The number of nitrogens with zero attached hydrogens (tertiary/aromatic N) is 8. The lowest BCUT2D eigenvalue weighted by molar-refractivity contribution is -0.134. The van der Waals surface area contributed by atoms with Crippen molar-refractivity contribution >= 4 is 34.7 Å². The lowest BCUT2D eigenvalue weighted by Gasteiger charge is -2.43. The first kappa shape index (κ1) is 35.8. The number of imide groups is 1. The second-order valence-corrected chi connectivity index (χ2v) is 15.0. The minimum atomic E-state index is -0.654. The summed E-state index contributed by atoms with van der Waals surface area (Å²) in [7, 11) is 0. The maximum atomic E-state index is 14.8. The number of likely N-dealkylation sites (tertiary alicyclic amines) is 1. The van der Waals surface area contributed by atoms with Crippen LogP contribution >= 0.6 is 0 Å². The van der Waals surface area contributed by atoms with Gasteiger partial charge in [-0.1, -0.05) is 12.1 Å². The van der Waals surface area contributed by atoms with Crippen molar-refractivity contribution in [1.29, 1.82) is 0 Å². The summed E-state index contributed by atoms with van der Waals surface area (Å²) in [6.45, 7) is 12.2. The van der Waals surface area contributed by atoms with Gasteiger partial charge in [0.15, 0.2) is 11.5 Å². The van der Waals surface area contributed by atoms with E-state index < -0.39 is 11.6 Å². The molecule has 0 spiro atoms. The van der Waals surface area contributed by atoms with Crippen LogP contribution in [-0.2, 0) is 9.59 Å². The number of imidazole rings is 1. The maximum Gasteiger partial charge on any atom is 0.234 e. The average molecular weight is 737 g/mol. The standard InChI is InChI=1S/C40H46F2N10O2/c1-25-18-33(35(42)20-34(25)41)36-22-44-38(39-43-11-13-51(36)39)46-29-21-45-52(24-29)31-10-12-48(26(2)19-31)14-15-49-16-17-50(23-27(49)3)30-6-4-28(5-7-30)32-8-9-37(53)47-40(32)54/h4-7,11,13,18,20-22,24,26-27,31-32H,8-10,12,14-17,19,23H2,1-3H3,(H,44,46)(H,47,53,54)/t26-,27+,31-,32?/m1/s1. The van der Waals surface area contributed by atoms with Crippen molar-refractivity contribution in [3.05, 3.63) is 90.1 Å². The molecule has 0 saturated carbocycles. The monoisotopic (exact) mass is 736 g/mol. The molecule has 3 fully saturated rings. The van der Waals surface area contributed by atoms with Gasteiger partial charge in [-0.2, -0.15) is 5.10 Å². The number of rotatable bonds is 9. The van der Waals surface area contributed by atoms with Crippen molar-refractivity contribution in [2.24, 2.45) is 0 Å². The quantitative estimate of drug-likeness (QED) is 0.185. The first-order chi connectivity index (χ1) is 26.1. The van der Waals surface area contributed by atoms with Gasteiger partial charge in [0, 0.05) is 93.7 Å². The van der Waals surface area contributed by atoms with Crippen LogP contribution in [0.25, 0.3) is 16.9 Å². The molecule has 4 atom stereocenters. The number of aryl methyl sites for hydroxylation is 1. The van der Waals surface area contributed by atoms with E-state index in [0.29, 0.717) is 47.6 Å². The molecule has 54 heavy (non-hydrogen) atoms. The van der Waals surface area contributed by atoms with Crippen LogP contribution in [0.1, 0.15) is 62.6 Å². The van der Waals surface area contributed by atoms with E-state index in [1.807, 2.05) is 23.0 Å². The van der Waals surface area contributed by atoms with Gasteiger partial charge in [0.1, 0.15) is 11.6 Å². The Bertz CT molecular complexity index is 2170. The normalized spacial score (nSPS) is 22.9. The number of carbonyl (C=O) groups excluding carboxylic acids is 2. The summed E-state index contributed by atoms with van der Waals surface area (Å²) in [6.07, 6.45) is 11.7. The van der Waals surface area contributed by atoms with Crippen LogP contribution in [0.15, 0.2) is 67.4 Å². The summed E-state index contributed by atoms with van der Waals surface area (Å²) < 4.78 is 32.5. The van der Waals surface area contributed by atoms with Crippen molar-refractivity contribution in [2.75, 3.05) is 49.5 Å². The minimum Gasteiger partial charge on any atom is -0.369 e. The number of aromatic nitrogens is 5. The fourth-order valence-corrected chi connectivity index (χ4v) is 8.31. The minimum absolute atomic E-state index is 0.187. The zero-order valence-corrected chi connectivity index (χ0v) is 30.9. The van der Waals surface area contributed by atoms with Crippen molar-refractivity contribution in [3.8, 4) is 11.3 Å². The first-order valence-electron chi connectivity index (χ1n) is 18.9. The summed E-state index contributed by atoms with van der Waals surface area (Å²) in [5, 5.41) is 10.5. The molecule has 282 valence electrons. The highest BCUT2D eigenvalue weighted by molar-refractivity contribution is 6.01. The predicted molar refractivity (Wildman–Crippen MR) is 203 cm³/mol. The number of halogens is 2. The summed E-state index contributed by atoms with van der Waals surface area (Å²) >= 11 is 0. The highest BCUT2D eigenvalue weighted by Crippen LogP contribution is 2.32. The third-order valence-corrected chi connectivity index (χ3v) is 11.5. The zero-order valence-electron chi connectivity index (χ0n) is 30.9. The number of amides is 2. The Hall–Kier alpha value is -5.21. The molecule has 14 heteroatoms. The lowest BCUT2D eigenvalue weighted by atomic mass is 9.90. The summed E-state index contributed by atoms with van der Waals surface area (Å²) in [4.78, 5) is 40.5. The number of fused-ring (bicyclic) bond motifs is 1. The molecule has 0 aliphatic carbocycles. The average Bonchev–Trinajstić information content (AvgIpc) is 3.85. The molecule has 3 aliphatic heterocycles. The number of benzene rings is 2.